The van der Waals surface area contributed by atoms with Crippen LogP contribution in [0.15, 0.2) is 17.5 Å². The summed E-state index contributed by atoms with van der Waals surface area (Å²) in [6, 6.07) is 3.57. The normalized spacial score (nSPS) is 11.8. The van der Waals surface area contributed by atoms with Gasteiger partial charge in [0.05, 0.1) is 18.8 Å². The van der Waals surface area contributed by atoms with Crippen LogP contribution < -0.4 is 5.32 Å². The maximum atomic E-state index is 12.4. The molecule has 1 atom stereocenters. The molecule has 0 saturated heterocycles. The summed E-state index contributed by atoms with van der Waals surface area (Å²) in [5.74, 6) is -0.504. The molecule has 0 radical (unpaired) electrons. The van der Waals surface area contributed by atoms with Gasteiger partial charge in [0.2, 0.25) is 0 Å². The second-order valence-electron chi connectivity index (χ2n) is 4.70. The van der Waals surface area contributed by atoms with Crippen molar-refractivity contribution in [3.63, 3.8) is 0 Å². The molecule has 2 aromatic rings. The van der Waals surface area contributed by atoms with Gasteiger partial charge in [-0.15, -0.1) is 11.3 Å². The Kier molecular flexibility index (Phi) is 5.15. The predicted octanol–water partition coefficient (Wildman–Crippen LogP) is 3.52. The number of ether oxygens (including phenoxy) is 1. The van der Waals surface area contributed by atoms with Gasteiger partial charge in [0, 0.05) is 11.9 Å². The third-order valence-corrected chi connectivity index (χ3v) is 5.23. The van der Waals surface area contributed by atoms with Gasteiger partial charge in [-0.25, -0.2) is 9.59 Å². The first kappa shape index (κ1) is 16.4. The molecule has 2 aromatic heterocycles. The Morgan fingerprint density at radius 3 is 2.77 bits per heavy atom. The number of aromatic nitrogens is 1. The largest absolute Gasteiger partial charge is 0.465 e. The summed E-state index contributed by atoms with van der Waals surface area (Å²) in [6.07, 6.45) is 0. The van der Waals surface area contributed by atoms with Crippen LogP contribution in [0.2, 0.25) is 0 Å². The molecule has 0 fully saturated rings. The SMILES string of the molecule is COC(=O)c1c(C)nsc1NC(=O)N(C)C(C)c1cccs1. The number of urea groups is 1. The molecule has 8 heteroatoms. The highest BCUT2D eigenvalue weighted by atomic mass is 32.1. The van der Waals surface area contributed by atoms with Crippen LogP contribution in [0.3, 0.4) is 0 Å². The van der Waals surface area contributed by atoms with Gasteiger partial charge in [-0.05, 0) is 36.8 Å². The molecule has 0 saturated carbocycles. The number of thiophene rings is 1. The summed E-state index contributed by atoms with van der Waals surface area (Å²) in [5.41, 5.74) is 0.846. The zero-order chi connectivity index (χ0) is 16.3. The van der Waals surface area contributed by atoms with Crippen molar-refractivity contribution in [1.82, 2.24) is 9.27 Å². The average molecular weight is 339 g/mol. The van der Waals surface area contributed by atoms with Crippen LogP contribution in [0.1, 0.15) is 33.9 Å². The Balaban J connectivity index is 2.14. The van der Waals surface area contributed by atoms with Crippen molar-refractivity contribution in [2.75, 3.05) is 19.5 Å². The lowest BCUT2D eigenvalue weighted by Crippen LogP contribution is -2.33. The number of rotatable bonds is 4. The molecule has 2 amide bonds. The van der Waals surface area contributed by atoms with Crippen LogP contribution in [0.4, 0.5) is 9.80 Å². The van der Waals surface area contributed by atoms with E-state index in [4.69, 9.17) is 4.74 Å². The Hall–Kier alpha value is -1.93. The Bertz CT molecular complexity index is 667. The Morgan fingerprint density at radius 2 is 2.18 bits per heavy atom. The van der Waals surface area contributed by atoms with Gasteiger partial charge in [-0.2, -0.15) is 4.37 Å². The van der Waals surface area contributed by atoms with E-state index >= 15 is 0 Å². The van der Waals surface area contributed by atoms with Gasteiger partial charge in [0.15, 0.2) is 0 Å². The standard InChI is InChI=1S/C14H17N3O3S2/c1-8-11(13(18)20-4)12(22-16-8)15-14(19)17(3)9(2)10-6-5-7-21-10/h5-7,9H,1-4H3,(H,15,19). The molecule has 0 aliphatic heterocycles. The third-order valence-electron chi connectivity index (χ3n) is 3.33. The summed E-state index contributed by atoms with van der Waals surface area (Å²) >= 11 is 2.66. The minimum absolute atomic E-state index is 0.0596. The summed E-state index contributed by atoms with van der Waals surface area (Å²) in [7, 11) is 3.02. The first-order valence-electron chi connectivity index (χ1n) is 6.57. The van der Waals surface area contributed by atoms with Crippen LogP contribution in [0.25, 0.3) is 0 Å². The number of hydrogen-bond acceptors (Lipinski definition) is 6. The molecule has 118 valence electrons. The number of nitrogens with zero attached hydrogens (tertiary/aromatic N) is 2. The average Bonchev–Trinajstić information content (AvgIpc) is 3.15. The molecule has 0 aliphatic carbocycles. The van der Waals surface area contributed by atoms with Gasteiger partial charge in [-0.1, -0.05) is 6.07 Å². The number of esters is 1. The number of nitrogens with one attached hydrogen (secondary N) is 1. The van der Waals surface area contributed by atoms with Gasteiger partial charge >= 0.3 is 12.0 Å². The molecule has 0 aromatic carbocycles. The van der Waals surface area contributed by atoms with E-state index in [-0.39, 0.29) is 12.1 Å². The Labute approximate surface area is 136 Å². The van der Waals surface area contributed by atoms with Crippen molar-refractivity contribution < 1.29 is 14.3 Å². The van der Waals surface area contributed by atoms with E-state index < -0.39 is 5.97 Å². The predicted molar refractivity (Wildman–Crippen MR) is 87.7 cm³/mol. The molecular weight excluding hydrogens is 322 g/mol. The lowest BCUT2D eigenvalue weighted by Gasteiger charge is -2.24. The van der Waals surface area contributed by atoms with Crippen molar-refractivity contribution >= 4 is 39.9 Å². The molecule has 2 rings (SSSR count). The minimum atomic E-state index is -0.504. The summed E-state index contributed by atoms with van der Waals surface area (Å²) in [4.78, 5) is 26.8. The molecule has 22 heavy (non-hydrogen) atoms. The highest BCUT2D eigenvalue weighted by molar-refractivity contribution is 7.11. The fraction of sp³-hybridized carbons (Fsp3) is 0.357. The molecule has 0 spiro atoms. The van der Waals surface area contributed by atoms with Gasteiger partial charge in [0.1, 0.15) is 10.6 Å². The van der Waals surface area contributed by atoms with Crippen molar-refractivity contribution in [2.45, 2.75) is 19.9 Å². The van der Waals surface area contributed by atoms with Crippen molar-refractivity contribution in [3.8, 4) is 0 Å². The van der Waals surface area contributed by atoms with E-state index in [0.29, 0.717) is 16.3 Å². The first-order chi connectivity index (χ1) is 10.5. The van der Waals surface area contributed by atoms with Gasteiger partial charge in [0.25, 0.3) is 0 Å². The maximum Gasteiger partial charge on any atom is 0.342 e. The smallest absolute Gasteiger partial charge is 0.342 e. The zero-order valence-electron chi connectivity index (χ0n) is 12.7. The molecule has 1 N–H and O–H groups in total. The van der Waals surface area contributed by atoms with Gasteiger partial charge in [-0.3, -0.25) is 5.32 Å². The summed E-state index contributed by atoms with van der Waals surface area (Å²) in [5, 5.41) is 5.11. The number of aryl methyl sites for hydroxylation is 1. The third kappa shape index (κ3) is 3.28. The van der Waals surface area contributed by atoms with Gasteiger partial charge < -0.3 is 9.64 Å². The number of amides is 2. The summed E-state index contributed by atoms with van der Waals surface area (Å²) in [6.45, 7) is 3.65. The zero-order valence-corrected chi connectivity index (χ0v) is 14.4. The second kappa shape index (κ2) is 6.89. The molecule has 1 unspecified atom stereocenters. The maximum absolute atomic E-state index is 12.4. The van der Waals surface area contributed by atoms with Crippen molar-refractivity contribution in [2.24, 2.45) is 0 Å². The van der Waals surface area contributed by atoms with Crippen LogP contribution in [0, 0.1) is 6.92 Å². The molecule has 6 nitrogen and oxygen atoms in total. The van der Waals surface area contributed by atoms with Crippen molar-refractivity contribution in [1.29, 1.82) is 0 Å². The van der Waals surface area contributed by atoms with E-state index in [2.05, 4.69) is 9.69 Å². The lowest BCUT2D eigenvalue weighted by atomic mass is 10.2. The topological polar surface area (TPSA) is 71.5 Å². The van der Waals surface area contributed by atoms with Crippen LogP contribution in [-0.4, -0.2) is 35.4 Å². The van der Waals surface area contributed by atoms with Crippen LogP contribution in [-0.2, 0) is 4.74 Å². The molecular formula is C14H17N3O3S2. The first-order valence-corrected chi connectivity index (χ1v) is 8.22. The van der Waals surface area contributed by atoms with E-state index in [1.165, 1.54) is 7.11 Å². The monoisotopic (exact) mass is 339 g/mol. The van der Waals surface area contributed by atoms with Crippen molar-refractivity contribution in [3.05, 3.63) is 33.6 Å². The molecule has 0 aliphatic rings. The fourth-order valence-electron chi connectivity index (χ4n) is 1.88. The molecule has 0 bridgehead atoms. The second-order valence-corrected chi connectivity index (χ2v) is 6.45. The Morgan fingerprint density at radius 1 is 1.45 bits per heavy atom. The van der Waals surface area contributed by atoms with E-state index in [1.54, 1.807) is 30.2 Å². The highest BCUT2D eigenvalue weighted by Gasteiger charge is 2.24. The van der Waals surface area contributed by atoms with Crippen LogP contribution in [0.5, 0.6) is 0 Å². The van der Waals surface area contributed by atoms with E-state index in [0.717, 1.165) is 16.4 Å². The highest BCUT2D eigenvalue weighted by Crippen LogP contribution is 2.27. The fourth-order valence-corrected chi connectivity index (χ4v) is 3.48. The van der Waals surface area contributed by atoms with E-state index in [1.807, 2.05) is 24.4 Å². The number of carbonyl (C=O) groups excluding carboxylic acids is 2. The lowest BCUT2D eigenvalue weighted by molar-refractivity contribution is 0.0601. The number of anilines is 1. The molecule has 2 heterocycles. The number of methoxy groups -OCH3 is 1. The minimum Gasteiger partial charge on any atom is -0.465 e. The number of hydrogen-bond donors (Lipinski definition) is 1. The number of carbonyl (C=O) groups is 2. The quantitative estimate of drug-likeness (QED) is 0.865. The van der Waals surface area contributed by atoms with E-state index in [9.17, 15) is 9.59 Å². The van der Waals surface area contributed by atoms with Crippen LogP contribution >= 0.6 is 22.9 Å². The summed E-state index contributed by atoms with van der Waals surface area (Å²) < 4.78 is 8.83.